The molecule has 9 heteroatoms. The first-order valence-electron chi connectivity index (χ1n) is 7.00. The lowest BCUT2D eigenvalue weighted by atomic mass is 10.2. The van der Waals surface area contributed by atoms with Gasteiger partial charge >= 0.3 is 0 Å². The number of aromatic nitrogens is 1. The Morgan fingerprint density at radius 3 is 2.83 bits per heavy atom. The van der Waals surface area contributed by atoms with E-state index in [1.807, 2.05) is 6.92 Å². The van der Waals surface area contributed by atoms with Crippen LogP contribution in [0.15, 0.2) is 21.7 Å². The fourth-order valence-electron chi connectivity index (χ4n) is 2.02. The van der Waals surface area contributed by atoms with Crippen molar-refractivity contribution in [3.63, 3.8) is 0 Å². The van der Waals surface area contributed by atoms with Crippen molar-refractivity contribution in [3.05, 3.63) is 32.7 Å². The largest absolute Gasteiger partial charge is 0.493 e. The molecule has 24 heavy (non-hydrogen) atoms. The molecule has 7 nitrogen and oxygen atoms in total. The van der Waals surface area contributed by atoms with Crippen LogP contribution in [0.3, 0.4) is 0 Å². The third kappa shape index (κ3) is 4.04. The standard InChI is InChI=1S/C15H17BrN4O3S/c1-4-10-13(24-15(17)19-10)14(21)20-18-7-8-5-9(16)12(23-3)11(6-8)22-2/h5-7H,4H2,1-3H3,(H2,17,19)(H,20,21)/b18-7-. The SMILES string of the molecule is CCc1nc(N)sc1C(=O)N/N=C\c1cc(Br)c(OC)c(OC)c1. The van der Waals surface area contributed by atoms with E-state index in [2.05, 4.69) is 31.4 Å². The number of benzene rings is 1. The zero-order valence-corrected chi connectivity index (χ0v) is 15.8. The first-order chi connectivity index (χ1) is 11.5. The number of hydrogen-bond donors (Lipinski definition) is 2. The Balaban J connectivity index is 2.14. The van der Waals surface area contributed by atoms with E-state index in [0.717, 1.165) is 21.4 Å². The number of carbonyl (C=O) groups excluding carboxylic acids is 1. The second-order valence-corrected chi connectivity index (χ2v) is 6.50. The molecule has 1 aromatic heterocycles. The molecular formula is C15H17BrN4O3S. The number of nitrogens with two attached hydrogens (primary N) is 1. The molecular weight excluding hydrogens is 396 g/mol. The van der Waals surface area contributed by atoms with E-state index in [0.29, 0.717) is 33.6 Å². The highest BCUT2D eigenvalue weighted by Crippen LogP contribution is 2.35. The van der Waals surface area contributed by atoms with Crippen LogP contribution in [0.1, 0.15) is 27.9 Å². The molecule has 2 aromatic rings. The molecule has 0 fully saturated rings. The van der Waals surface area contributed by atoms with Crippen molar-refractivity contribution in [3.8, 4) is 11.5 Å². The molecule has 2 rings (SSSR count). The van der Waals surface area contributed by atoms with Crippen LogP contribution in [0.25, 0.3) is 0 Å². The van der Waals surface area contributed by atoms with Crippen LogP contribution in [-0.2, 0) is 6.42 Å². The highest BCUT2D eigenvalue weighted by molar-refractivity contribution is 9.10. The molecule has 0 saturated heterocycles. The molecule has 128 valence electrons. The molecule has 1 amide bonds. The van der Waals surface area contributed by atoms with Crippen LogP contribution in [0, 0.1) is 0 Å². The molecule has 3 N–H and O–H groups in total. The Hall–Kier alpha value is -2.13. The van der Waals surface area contributed by atoms with Crippen molar-refractivity contribution in [1.29, 1.82) is 0 Å². The van der Waals surface area contributed by atoms with Crippen molar-refractivity contribution in [2.75, 3.05) is 20.0 Å². The number of thiazole rings is 1. The first-order valence-corrected chi connectivity index (χ1v) is 8.61. The van der Waals surface area contributed by atoms with Crippen LogP contribution in [0.5, 0.6) is 11.5 Å². The molecule has 0 radical (unpaired) electrons. The molecule has 1 heterocycles. The fraction of sp³-hybridized carbons (Fsp3) is 0.267. The average molecular weight is 413 g/mol. The van der Waals surface area contributed by atoms with Gasteiger partial charge in [-0.15, -0.1) is 0 Å². The summed E-state index contributed by atoms with van der Waals surface area (Å²) in [5.74, 6) is 0.811. The number of halogens is 1. The summed E-state index contributed by atoms with van der Waals surface area (Å²) in [4.78, 5) is 16.7. The monoisotopic (exact) mass is 412 g/mol. The summed E-state index contributed by atoms with van der Waals surface area (Å²) in [7, 11) is 3.11. The summed E-state index contributed by atoms with van der Waals surface area (Å²) < 4.78 is 11.2. The van der Waals surface area contributed by atoms with Gasteiger partial charge in [0.05, 0.1) is 30.6 Å². The van der Waals surface area contributed by atoms with Crippen LogP contribution >= 0.6 is 27.3 Å². The number of anilines is 1. The zero-order chi connectivity index (χ0) is 17.7. The normalized spacial score (nSPS) is 10.8. The smallest absolute Gasteiger partial charge is 0.283 e. The molecule has 0 spiro atoms. The van der Waals surface area contributed by atoms with Crippen LogP contribution in [0.2, 0.25) is 0 Å². The van der Waals surface area contributed by atoms with Crippen LogP contribution < -0.4 is 20.6 Å². The van der Waals surface area contributed by atoms with Gasteiger partial charge in [-0.1, -0.05) is 18.3 Å². The Morgan fingerprint density at radius 2 is 2.21 bits per heavy atom. The van der Waals surface area contributed by atoms with E-state index >= 15 is 0 Å². The third-order valence-corrected chi connectivity index (χ3v) is 4.61. The van der Waals surface area contributed by atoms with Crippen molar-refractivity contribution in [2.45, 2.75) is 13.3 Å². The average Bonchev–Trinajstić information content (AvgIpc) is 2.95. The predicted molar refractivity (Wildman–Crippen MR) is 98.2 cm³/mol. The highest BCUT2D eigenvalue weighted by atomic mass is 79.9. The minimum absolute atomic E-state index is 0.336. The molecule has 0 atom stereocenters. The van der Waals surface area contributed by atoms with Crippen LogP contribution in [-0.4, -0.2) is 31.3 Å². The summed E-state index contributed by atoms with van der Waals surface area (Å²) in [5.41, 5.74) is 9.53. The van der Waals surface area contributed by atoms with Crippen molar-refractivity contribution < 1.29 is 14.3 Å². The quantitative estimate of drug-likeness (QED) is 0.561. The van der Waals surface area contributed by atoms with E-state index in [9.17, 15) is 4.79 Å². The Bertz CT molecular complexity index is 776. The second-order valence-electron chi connectivity index (χ2n) is 4.62. The van der Waals surface area contributed by atoms with Gasteiger partial charge in [0.2, 0.25) is 0 Å². The number of hydrazone groups is 1. The lowest BCUT2D eigenvalue weighted by Crippen LogP contribution is -2.17. The molecule has 0 unspecified atom stereocenters. The number of ether oxygens (including phenoxy) is 2. The molecule has 0 aliphatic carbocycles. The van der Waals surface area contributed by atoms with Crippen LogP contribution in [0.4, 0.5) is 5.13 Å². The number of nitrogen functional groups attached to an aromatic ring is 1. The van der Waals surface area contributed by atoms with Gasteiger partial charge in [0, 0.05) is 0 Å². The molecule has 0 saturated carbocycles. The zero-order valence-electron chi connectivity index (χ0n) is 13.4. The summed E-state index contributed by atoms with van der Waals surface area (Å²) in [6, 6.07) is 3.56. The topological polar surface area (TPSA) is 98.8 Å². The number of nitrogens with one attached hydrogen (secondary N) is 1. The number of aryl methyl sites for hydroxylation is 1. The van der Waals surface area contributed by atoms with Gasteiger partial charge in [-0.25, -0.2) is 10.4 Å². The second kappa shape index (κ2) is 8.11. The van der Waals surface area contributed by atoms with E-state index in [1.54, 1.807) is 26.4 Å². The van der Waals surface area contributed by atoms with Gasteiger partial charge in [-0.2, -0.15) is 5.10 Å². The van der Waals surface area contributed by atoms with Crippen molar-refractivity contribution >= 4 is 44.5 Å². The number of nitrogens with zero attached hydrogens (tertiary/aromatic N) is 2. The molecule has 0 aliphatic rings. The summed E-state index contributed by atoms with van der Waals surface area (Å²) in [5, 5.41) is 4.34. The van der Waals surface area contributed by atoms with E-state index in [1.165, 1.54) is 6.21 Å². The number of methoxy groups -OCH3 is 2. The molecule has 0 aliphatic heterocycles. The van der Waals surface area contributed by atoms with E-state index in [4.69, 9.17) is 15.2 Å². The van der Waals surface area contributed by atoms with Crippen molar-refractivity contribution in [2.24, 2.45) is 5.10 Å². The maximum Gasteiger partial charge on any atom is 0.283 e. The fourth-order valence-corrected chi connectivity index (χ4v) is 3.45. The number of amides is 1. The predicted octanol–water partition coefficient (Wildman–Crippen LogP) is 2.83. The van der Waals surface area contributed by atoms with Gasteiger partial charge in [0.1, 0.15) is 4.88 Å². The van der Waals surface area contributed by atoms with Gasteiger partial charge in [-0.3, -0.25) is 4.79 Å². The van der Waals surface area contributed by atoms with Gasteiger partial charge in [0.25, 0.3) is 5.91 Å². The van der Waals surface area contributed by atoms with E-state index < -0.39 is 0 Å². The summed E-state index contributed by atoms with van der Waals surface area (Å²) >= 11 is 4.55. The highest BCUT2D eigenvalue weighted by Gasteiger charge is 2.15. The summed E-state index contributed by atoms with van der Waals surface area (Å²) in [6.07, 6.45) is 2.14. The van der Waals surface area contributed by atoms with Gasteiger partial charge in [-0.05, 0) is 40.0 Å². The maximum absolute atomic E-state index is 12.2. The first kappa shape index (κ1) is 18.2. The van der Waals surface area contributed by atoms with E-state index in [-0.39, 0.29) is 5.91 Å². The lowest BCUT2D eigenvalue weighted by molar-refractivity contribution is 0.0958. The van der Waals surface area contributed by atoms with Gasteiger partial charge in [0.15, 0.2) is 16.6 Å². The number of rotatable bonds is 6. The minimum atomic E-state index is -0.336. The van der Waals surface area contributed by atoms with Gasteiger partial charge < -0.3 is 15.2 Å². The Labute approximate surface area is 152 Å². The number of carbonyl (C=O) groups is 1. The molecule has 1 aromatic carbocycles. The molecule has 0 bridgehead atoms. The lowest BCUT2D eigenvalue weighted by Gasteiger charge is -2.10. The Morgan fingerprint density at radius 1 is 1.46 bits per heavy atom. The third-order valence-electron chi connectivity index (χ3n) is 3.09. The summed E-state index contributed by atoms with van der Waals surface area (Å²) in [6.45, 7) is 1.91. The minimum Gasteiger partial charge on any atom is -0.493 e. The number of hydrogen-bond acceptors (Lipinski definition) is 7. The van der Waals surface area contributed by atoms with Crippen molar-refractivity contribution in [1.82, 2.24) is 10.4 Å². The Kier molecular flexibility index (Phi) is 6.16. The maximum atomic E-state index is 12.2.